The van der Waals surface area contributed by atoms with Crippen molar-refractivity contribution in [2.75, 3.05) is 0 Å². The lowest BCUT2D eigenvalue weighted by atomic mass is 10.2. The fraction of sp³-hybridized carbons (Fsp3) is 0.167. The summed E-state index contributed by atoms with van der Waals surface area (Å²) < 4.78 is 4.91. The lowest BCUT2D eigenvalue weighted by Crippen LogP contribution is -2.30. The Balaban J connectivity index is 2.88. The van der Waals surface area contributed by atoms with Crippen LogP contribution in [-0.2, 0) is 6.54 Å². The molecule has 1 amide bonds. The first-order valence-corrected chi connectivity index (χ1v) is 3.37. The van der Waals surface area contributed by atoms with Gasteiger partial charge in [0.2, 0.25) is 0 Å². The SMILES string of the molecule is [N-]=[N+]=NCc1occc1C(=O)NN. The van der Waals surface area contributed by atoms with Crippen LogP contribution in [0.1, 0.15) is 16.1 Å². The first kappa shape index (κ1) is 9.11. The van der Waals surface area contributed by atoms with Crippen molar-refractivity contribution < 1.29 is 9.21 Å². The molecule has 1 heterocycles. The maximum atomic E-state index is 11.0. The zero-order chi connectivity index (χ0) is 9.68. The van der Waals surface area contributed by atoms with Gasteiger partial charge in [0.15, 0.2) is 0 Å². The van der Waals surface area contributed by atoms with Gasteiger partial charge in [-0.1, -0.05) is 5.11 Å². The molecule has 68 valence electrons. The summed E-state index contributed by atoms with van der Waals surface area (Å²) in [5.41, 5.74) is 10.3. The number of nitrogens with one attached hydrogen (secondary N) is 1. The van der Waals surface area contributed by atoms with Crippen LogP contribution in [0.3, 0.4) is 0 Å². The number of carbonyl (C=O) groups excluding carboxylic acids is 1. The van der Waals surface area contributed by atoms with Gasteiger partial charge in [0.05, 0.1) is 18.4 Å². The number of furan rings is 1. The van der Waals surface area contributed by atoms with E-state index in [1.54, 1.807) is 0 Å². The van der Waals surface area contributed by atoms with Gasteiger partial charge in [0.1, 0.15) is 5.76 Å². The van der Waals surface area contributed by atoms with Crippen LogP contribution in [0.4, 0.5) is 0 Å². The number of amides is 1. The number of azide groups is 1. The van der Waals surface area contributed by atoms with Crippen LogP contribution in [0.25, 0.3) is 10.4 Å². The van der Waals surface area contributed by atoms with E-state index in [4.69, 9.17) is 15.8 Å². The van der Waals surface area contributed by atoms with Crippen LogP contribution in [-0.4, -0.2) is 5.91 Å². The molecule has 7 nitrogen and oxygen atoms in total. The van der Waals surface area contributed by atoms with Gasteiger partial charge in [-0.25, -0.2) is 5.84 Å². The molecule has 0 aromatic carbocycles. The molecule has 1 aromatic rings. The van der Waals surface area contributed by atoms with Crippen molar-refractivity contribution in [2.24, 2.45) is 11.0 Å². The van der Waals surface area contributed by atoms with Crippen LogP contribution in [0.15, 0.2) is 21.9 Å². The molecule has 1 rings (SSSR count). The summed E-state index contributed by atoms with van der Waals surface area (Å²) >= 11 is 0. The molecule has 0 fully saturated rings. The minimum atomic E-state index is -0.475. The number of hydrogen-bond donors (Lipinski definition) is 2. The number of nitrogens with two attached hydrogens (primary N) is 1. The second-order valence-electron chi connectivity index (χ2n) is 2.12. The third kappa shape index (κ3) is 1.98. The highest BCUT2D eigenvalue weighted by atomic mass is 16.3. The summed E-state index contributed by atoms with van der Waals surface area (Å²) in [6.45, 7) is -0.00769. The molecular formula is C6H7N5O2. The Morgan fingerprint density at radius 1 is 1.85 bits per heavy atom. The van der Waals surface area contributed by atoms with Crippen LogP contribution in [0.5, 0.6) is 0 Å². The van der Waals surface area contributed by atoms with Crippen LogP contribution in [0, 0.1) is 0 Å². The van der Waals surface area contributed by atoms with Gasteiger partial charge >= 0.3 is 0 Å². The minimum absolute atomic E-state index is 0.00769. The van der Waals surface area contributed by atoms with Crippen molar-refractivity contribution in [3.05, 3.63) is 34.1 Å². The first-order valence-electron chi connectivity index (χ1n) is 3.37. The minimum Gasteiger partial charge on any atom is -0.468 e. The predicted octanol–water partition coefficient (Wildman–Crippen LogP) is 0.693. The highest BCUT2D eigenvalue weighted by molar-refractivity contribution is 5.94. The Morgan fingerprint density at radius 2 is 2.62 bits per heavy atom. The van der Waals surface area contributed by atoms with E-state index in [9.17, 15) is 4.79 Å². The first-order chi connectivity index (χ1) is 6.29. The second-order valence-corrected chi connectivity index (χ2v) is 2.12. The molecule has 0 unspecified atom stereocenters. The third-order valence-electron chi connectivity index (χ3n) is 1.40. The second kappa shape index (κ2) is 4.15. The van der Waals surface area contributed by atoms with Crippen LogP contribution >= 0.6 is 0 Å². The zero-order valence-corrected chi connectivity index (χ0v) is 6.60. The molecule has 3 N–H and O–H groups in total. The monoisotopic (exact) mass is 181 g/mol. The van der Waals surface area contributed by atoms with Gasteiger partial charge in [-0.2, -0.15) is 0 Å². The van der Waals surface area contributed by atoms with Crippen LogP contribution < -0.4 is 11.3 Å². The molecule has 0 aliphatic heterocycles. The number of rotatable bonds is 3. The highest BCUT2D eigenvalue weighted by Crippen LogP contribution is 2.11. The highest BCUT2D eigenvalue weighted by Gasteiger charge is 2.11. The lowest BCUT2D eigenvalue weighted by molar-refractivity contribution is 0.0951. The summed E-state index contributed by atoms with van der Waals surface area (Å²) in [5, 5.41) is 3.26. The topological polar surface area (TPSA) is 117 Å². The number of nitrogen functional groups attached to an aromatic ring is 1. The van der Waals surface area contributed by atoms with Crippen molar-refractivity contribution in [2.45, 2.75) is 6.54 Å². The van der Waals surface area contributed by atoms with Gasteiger partial charge in [0, 0.05) is 4.91 Å². The number of hydrazine groups is 1. The molecule has 0 aliphatic rings. The molecule has 0 saturated heterocycles. The van der Waals surface area contributed by atoms with Gasteiger partial charge in [0.25, 0.3) is 5.91 Å². The average molecular weight is 181 g/mol. The maximum absolute atomic E-state index is 11.0. The van der Waals surface area contributed by atoms with Gasteiger partial charge < -0.3 is 4.42 Å². The van der Waals surface area contributed by atoms with E-state index in [-0.39, 0.29) is 12.1 Å². The molecule has 0 aliphatic carbocycles. The van der Waals surface area contributed by atoms with E-state index in [0.29, 0.717) is 5.76 Å². The summed E-state index contributed by atoms with van der Waals surface area (Å²) in [5.74, 6) is 4.73. The number of hydrogen-bond acceptors (Lipinski definition) is 4. The summed E-state index contributed by atoms with van der Waals surface area (Å²) in [6, 6.07) is 1.45. The smallest absolute Gasteiger partial charge is 0.268 e. The predicted molar refractivity (Wildman–Crippen MR) is 43.2 cm³/mol. The quantitative estimate of drug-likeness (QED) is 0.178. The molecule has 0 atom stereocenters. The van der Waals surface area contributed by atoms with E-state index in [2.05, 4.69) is 10.0 Å². The molecule has 7 heteroatoms. The van der Waals surface area contributed by atoms with E-state index >= 15 is 0 Å². The summed E-state index contributed by atoms with van der Waals surface area (Å²) in [7, 11) is 0. The Bertz CT molecular complexity index is 352. The Morgan fingerprint density at radius 3 is 3.23 bits per heavy atom. The van der Waals surface area contributed by atoms with Crippen molar-refractivity contribution >= 4 is 5.91 Å². The third-order valence-corrected chi connectivity index (χ3v) is 1.40. The van der Waals surface area contributed by atoms with Crippen LogP contribution in [0.2, 0.25) is 0 Å². The van der Waals surface area contributed by atoms with E-state index in [1.807, 2.05) is 5.43 Å². The maximum Gasteiger partial charge on any atom is 0.268 e. The van der Waals surface area contributed by atoms with E-state index < -0.39 is 5.91 Å². The van der Waals surface area contributed by atoms with E-state index in [1.165, 1.54) is 12.3 Å². The van der Waals surface area contributed by atoms with Gasteiger partial charge in [-0.3, -0.25) is 10.2 Å². The fourth-order valence-electron chi connectivity index (χ4n) is 0.839. The Kier molecular flexibility index (Phi) is 2.91. The van der Waals surface area contributed by atoms with Crippen molar-refractivity contribution in [1.82, 2.24) is 5.43 Å². The Labute approximate surface area is 73.1 Å². The molecule has 0 radical (unpaired) electrons. The van der Waals surface area contributed by atoms with Crippen molar-refractivity contribution in [3.8, 4) is 0 Å². The van der Waals surface area contributed by atoms with Gasteiger partial charge in [-0.05, 0) is 11.6 Å². The molecular weight excluding hydrogens is 174 g/mol. The summed E-state index contributed by atoms with van der Waals surface area (Å²) in [4.78, 5) is 13.6. The fourth-order valence-corrected chi connectivity index (χ4v) is 0.839. The molecule has 0 bridgehead atoms. The number of nitrogens with zero attached hydrogens (tertiary/aromatic N) is 3. The Hall–Kier alpha value is -1.98. The number of carbonyl (C=O) groups is 1. The zero-order valence-electron chi connectivity index (χ0n) is 6.60. The summed E-state index contributed by atoms with van der Waals surface area (Å²) in [6.07, 6.45) is 1.33. The molecule has 13 heavy (non-hydrogen) atoms. The van der Waals surface area contributed by atoms with Gasteiger partial charge in [-0.15, -0.1) is 0 Å². The average Bonchev–Trinajstić information content (AvgIpc) is 2.61. The van der Waals surface area contributed by atoms with Crippen molar-refractivity contribution in [1.29, 1.82) is 0 Å². The molecule has 0 saturated carbocycles. The lowest BCUT2D eigenvalue weighted by Gasteiger charge is -1.96. The molecule has 1 aromatic heterocycles. The normalized spacial score (nSPS) is 9.00. The standard InChI is InChI=1S/C6H7N5O2/c7-10-6(12)4-1-2-13-5(4)3-9-11-8/h1-2H,3,7H2,(H,10,12). The molecule has 0 spiro atoms. The largest absolute Gasteiger partial charge is 0.468 e. The van der Waals surface area contributed by atoms with Crippen molar-refractivity contribution in [3.63, 3.8) is 0 Å². The van der Waals surface area contributed by atoms with E-state index in [0.717, 1.165) is 0 Å².